The Hall–Kier alpha value is -1.60. The molecule has 0 aliphatic heterocycles. The Kier molecular flexibility index (Phi) is 4.90. The summed E-state index contributed by atoms with van der Waals surface area (Å²) in [6.07, 6.45) is 0.0229. The van der Waals surface area contributed by atoms with Crippen molar-refractivity contribution in [3.8, 4) is 0 Å². The molecule has 6 nitrogen and oxygen atoms in total. The molecule has 19 heavy (non-hydrogen) atoms. The van der Waals surface area contributed by atoms with Gasteiger partial charge in [0.1, 0.15) is 0 Å². The number of benzene rings is 1. The molecule has 1 aromatic rings. The van der Waals surface area contributed by atoms with E-state index >= 15 is 0 Å². The Morgan fingerprint density at radius 2 is 1.84 bits per heavy atom. The van der Waals surface area contributed by atoms with Crippen LogP contribution in [0, 0.1) is 0 Å². The van der Waals surface area contributed by atoms with Crippen LogP contribution in [0.1, 0.15) is 20.3 Å². The second kappa shape index (κ2) is 6.03. The van der Waals surface area contributed by atoms with Gasteiger partial charge >= 0.3 is 5.97 Å². The van der Waals surface area contributed by atoms with Crippen molar-refractivity contribution in [1.82, 2.24) is 0 Å². The second-order valence-electron chi connectivity index (χ2n) is 4.47. The van der Waals surface area contributed by atoms with E-state index in [2.05, 4.69) is 0 Å². The van der Waals surface area contributed by atoms with Crippen molar-refractivity contribution in [3.63, 3.8) is 0 Å². The molecule has 0 radical (unpaired) electrons. The highest BCUT2D eigenvalue weighted by atomic mass is 32.2. The summed E-state index contributed by atoms with van der Waals surface area (Å²) < 4.78 is 22.3. The van der Waals surface area contributed by atoms with E-state index in [1.165, 1.54) is 12.1 Å². The Labute approximate surface area is 112 Å². The summed E-state index contributed by atoms with van der Waals surface area (Å²) in [5.74, 6) is -0.869. The molecule has 0 aliphatic carbocycles. The number of anilines is 1. The van der Waals surface area contributed by atoms with Crippen LogP contribution in [0.3, 0.4) is 0 Å². The maximum absolute atomic E-state index is 11.1. The molecule has 0 aliphatic rings. The normalized spacial score (nSPS) is 11.6. The number of nitrogens with two attached hydrogens (primary N) is 1. The molecule has 1 rings (SSSR count). The molecule has 7 heteroatoms. The van der Waals surface area contributed by atoms with Crippen LogP contribution in [0.5, 0.6) is 0 Å². The predicted molar refractivity (Wildman–Crippen MR) is 72.6 cm³/mol. The van der Waals surface area contributed by atoms with Gasteiger partial charge in [-0.3, -0.25) is 4.79 Å². The standard InChI is InChI=1S/C12H18N2O4S/c1-9(2)14(8-7-12(15)16)10-3-5-11(6-4-10)19(13,17)18/h3-6,9H,7-8H2,1-2H3,(H,15,16)(H2,13,17,18). The van der Waals surface area contributed by atoms with Gasteiger partial charge in [0.2, 0.25) is 10.0 Å². The van der Waals surface area contributed by atoms with E-state index in [9.17, 15) is 13.2 Å². The number of primary sulfonamides is 1. The highest BCUT2D eigenvalue weighted by molar-refractivity contribution is 7.89. The number of hydrogen-bond acceptors (Lipinski definition) is 4. The van der Waals surface area contributed by atoms with E-state index in [0.717, 1.165) is 5.69 Å². The molecule has 1 aromatic carbocycles. The first-order chi connectivity index (χ1) is 8.71. The monoisotopic (exact) mass is 286 g/mol. The molecule has 106 valence electrons. The molecule has 0 bridgehead atoms. The minimum absolute atomic E-state index is 0.0229. The number of aliphatic carboxylic acids is 1. The second-order valence-corrected chi connectivity index (χ2v) is 6.03. The average molecular weight is 286 g/mol. The SMILES string of the molecule is CC(C)N(CCC(=O)O)c1ccc(S(N)(=O)=O)cc1. The lowest BCUT2D eigenvalue weighted by Crippen LogP contribution is -2.32. The van der Waals surface area contributed by atoms with Gasteiger partial charge in [-0.05, 0) is 38.1 Å². The van der Waals surface area contributed by atoms with Gasteiger partial charge in [-0.15, -0.1) is 0 Å². The van der Waals surface area contributed by atoms with Crippen molar-refractivity contribution in [3.05, 3.63) is 24.3 Å². The van der Waals surface area contributed by atoms with Gasteiger partial charge in [-0.2, -0.15) is 0 Å². The molecule has 0 aromatic heterocycles. The van der Waals surface area contributed by atoms with Crippen molar-refractivity contribution in [2.24, 2.45) is 5.14 Å². The third-order valence-electron chi connectivity index (χ3n) is 2.69. The molecular weight excluding hydrogens is 268 g/mol. The molecular formula is C12H18N2O4S. The Morgan fingerprint density at radius 1 is 1.32 bits per heavy atom. The van der Waals surface area contributed by atoms with Crippen molar-refractivity contribution >= 4 is 21.7 Å². The van der Waals surface area contributed by atoms with E-state index in [0.29, 0.717) is 6.54 Å². The molecule has 0 saturated carbocycles. The van der Waals surface area contributed by atoms with E-state index in [1.807, 2.05) is 18.7 Å². The molecule has 3 N–H and O–H groups in total. The lowest BCUT2D eigenvalue weighted by molar-refractivity contribution is -0.136. The van der Waals surface area contributed by atoms with Gasteiger partial charge in [0.15, 0.2) is 0 Å². The van der Waals surface area contributed by atoms with Crippen LogP contribution in [-0.2, 0) is 14.8 Å². The summed E-state index contributed by atoms with van der Waals surface area (Å²) >= 11 is 0. The molecule has 0 unspecified atom stereocenters. The predicted octanol–water partition coefficient (Wildman–Crippen LogP) is 1.02. The molecule has 0 amide bonds. The zero-order valence-electron chi connectivity index (χ0n) is 10.9. The smallest absolute Gasteiger partial charge is 0.305 e. The van der Waals surface area contributed by atoms with Crippen LogP contribution >= 0.6 is 0 Å². The largest absolute Gasteiger partial charge is 0.481 e. The molecule has 0 atom stereocenters. The molecule has 0 heterocycles. The Balaban J connectivity index is 2.95. The van der Waals surface area contributed by atoms with Crippen LogP contribution in [0.4, 0.5) is 5.69 Å². The van der Waals surface area contributed by atoms with Gasteiger partial charge in [-0.1, -0.05) is 0 Å². The first kappa shape index (κ1) is 15.5. The number of hydrogen-bond donors (Lipinski definition) is 2. The third kappa shape index (κ3) is 4.53. The Bertz CT molecular complexity index is 537. The number of carboxylic acids is 1. The molecule has 0 saturated heterocycles. The van der Waals surface area contributed by atoms with Crippen LogP contribution in [0.25, 0.3) is 0 Å². The lowest BCUT2D eigenvalue weighted by Gasteiger charge is -2.28. The van der Waals surface area contributed by atoms with Crippen LogP contribution < -0.4 is 10.0 Å². The fraction of sp³-hybridized carbons (Fsp3) is 0.417. The van der Waals surface area contributed by atoms with E-state index in [1.54, 1.807) is 12.1 Å². The summed E-state index contributed by atoms with van der Waals surface area (Å²) in [5, 5.41) is 13.7. The van der Waals surface area contributed by atoms with Crippen molar-refractivity contribution in [2.75, 3.05) is 11.4 Å². The first-order valence-corrected chi connectivity index (χ1v) is 7.37. The van der Waals surface area contributed by atoms with Crippen LogP contribution in [0.2, 0.25) is 0 Å². The van der Waals surface area contributed by atoms with E-state index in [-0.39, 0.29) is 17.4 Å². The highest BCUT2D eigenvalue weighted by Crippen LogP contribution is 2.19. The van der Waals surface area contributed by atoms with Crippen LogP contribution in [-0.4, -0.2) is 32.1 Å². The zero-order valence-corrected chi connectivity index (χ0v) is 11.7. The van der Waals surface area contributed by atoms with E-state index < -0.39 is 16.0 Å². The van der Waals surface area contributed by atoms with Crippen molar-refractivity contribution in [1.29, 1.82) is 0 Å². The van der Waals surface area contributed by atoms with Gasteiger partial charge in [0, 0.05) is 18.3 Å². The van der Waals surface area contributed by atoms with Crippen molar-refractivity contribution in [2.45, 2.75) is 31.2 Å². The first-order valence-electron chi connectivity index (χ1n) is 5.83. The minimum atomic E-state index is -3.70. The fourth-order valence-electron chi connectivity index (χ4n) is 1.73. The minimum Gasteiger partial charge on any atom is -0.481 e. The van der Waals surface area contributed by atoms with Gasteiger partial charge in [0.05, 0.1) is 11.3 Å². The fourth-order valence-corrected chi connectivity index (χ4v) is 2.24. The quantitative estimate of drug-likeness (QED) is 0.813. The number of sulfonamides is 1. The summed E-state index contributed by atoms with van der Waals surface area (Å²) in [6.45, 7) is 4.24. The zero-order chi connectivity index (χ0) is 14.6. The third-order valence-corrected chi connectivity index (χ3v) is 3.62. The highest BCUT2D eigenvalue weighted by Gasteiger charge is 2.13. The van der Waals surface area contributed by atoms with Gasteiger partial charge in [0.25, 0.3) is 0 Å². The summed E-state index contributed by atoms with van der Waals surface area (Å²) in [5.41, 5.74) is 0.767. The maximum Gasteiger partial charge on any atom is 0.305 e. The summed E-state index contributed by atoms with van der Waals surface area (Å²) in [4.78, 5) is 12.6. The lowest BCUT2D eigenvalue weighted by atomic mass is 10.2. The number of carboxylic acid groups (broad SMARTS) is 1. The number of nitrogens with zero attached hydrogens (tertiary/aromatic N) is 1. The van der Waals surface area contributed by atoms with Gasteiger partial charge < -0.3 is 10.0 Å². The topological polar surface area (TPSA) is 101 Å². The molecule has 0 spiro atoms. The van der Waals surface area contributed by atoms with Crippen molar-refractivity contribution < 1.29 is 18.3 Å². The summed E-state index contributed by atoms with van der Waals surface area (Å²) in [7, 11) is -3.70. The maximum atomic E-state index is 11.1. The van der Waals surface area contributed by atoms with Gasteiger partial charge in [-0.25, -0.2) is 13.6 Å². The Morgan fingerprint density at radius 3 is 2.21 bits per heavy atom. The number of carbonyl (C=O) groups is 1. The summed E-state index contributed by atoms with van der Waals surface area (Å²) in [6, 6.07) is 6.20. The van der Waals surface area contributed by atoms with Crippen LogP contribution in [0.15, 0.2) is 29.2 Å². The number of rotatable bonds is 6. The van der Waals surface area contributed by atoms with E-state index in [4.69, 9.17) is 10.2 Å². The average Bonchev–Trinajstić information content (AvgIpc) is 2.27. The molecule has 0 fully saturated rings.